The maximum Gasteiger partial charge on any atom is 0.269 e. The second-order valence-electron chi connectivity index (χ2n) is 6.91. The molecule has 4 heterocycles. The van der Waals surface area contributed by atoms with Gasteiger partial charge in [-0.2, -0.15) is 14.7 Å². The van der Waals surface area contributed by atoms with E-state index in [4.69, 9.17) is 0 Å². The first kappa shape index (κ1) is 16.6. The molecule has 4 rings (SSSR count). The number of carbonyl (C=O) groups excluding carboxylic acids is 1. The highest BCUT2D eigenvalue weighted by molar-refractivity contribution is 5.92. The van der Waals surface area contributed by atoms with Crippen molar-refractivity contribution in [3.8, 4) is 0 Å². The zero-order chi connectivity index (χ0) is 18.3. The molecule has 8 nitrogen and oxygen atoms in total. The molecule has 136 valence electrons. The number of nitrogens with zero attached hydrogens (tertiary/aromatic N) is 6. The Bertz CT molecular complexity index is 958. The lowest BCUT2D eigenvalue weighted by Gasteiger charge is -2.34. The molecule has 0 saturated carbocycles. The number of hydrogen-bond donors (Lipinski definition) is 1. The molecule has 0 spiro atoms. The van der Waals surface area contributed by atoms with Gasteiger partial charge in [0, 0.05) is 44.0 Å². The average molecular weight is 353 g/mol. The van der Waals surface area contributed by atoms with Crippen LogP contribution in [0, 0.1) is 13.8 Å². The zero-order valence-corrected chi connectivity index (χ0v) is 15.3. The first-order chi connectivity index (χ1) is 12.5. The fourth-order valence-corrected chi connectivity index (χ4v) is 3.63. The van der Waals surface area contributed by atoms with Crippen molar-refractivity contribution in [1.82, 2.24) is 29.7 Å². The lowest BCUT2D eigenvalue weighted by atomic mass is 10.1. The van der Waals surface area contributed by atoms with E-state index >= 15 is 0 Å². The van der Waals surface area contributed by atoms with Gasteiger partial charge in [-0.25, -0.2) is 4.98 Å². The highest BCUT2D eigenvalue weighted by Gasteiger charge is 2.25. The minimum atomic E-state index is -0.0740. The van der Waals surface area contributed by atoms with Crippen LogP contribution in [0.3, 0.4) is 0 Å². The number of aryl methyl sites for hydroxylation is 3. The molecule has 26 heavy (non-hydrogen) atoms. The molecule has 0 radical (unpaired) electrons. The molecule has 8 heteroatoms. The summed E-state index contributed by atoms with van der Waals surface area (Å²) in [5.41, 5.74) is 3.24. The number of fused-ring (bicyclic) bond motifs is 1. The van der Waals surface area contributed by atoms with Crippen LogP contribution in [0.1, 0.15) is 34.7 Å². The summed E-state index contributed by atoms with van der Waals surface area (Å²) >= 11 is 0. The van der Waals surface area contributed by atoms with Crippen LogP contribution >= 0.6 is 0 Å². The Morgan fingerprint density at radius 1 is 1.27 bits per heavy atom. The maximum atomic E-state index is 12.6. The van der Waals surface area contributed by atoms with Crippen molar-refractivity contribution in [3.05, 3.63) is 41.5 Å². The fraction of sp³-hybridized carbons (Fsp3) is 0.444. The van der Waals surface area contributed by atoms with E-state index in [9.17, 15) is 4.79 Å². The van der Waals surface area contributed by atoms with Crippen LogP contribution in [0.25, 0.3) is 5.65 Å². The number of aromatic nitrogens is 5. The third kappa shape index (κ3) is 3.02. The molecular formula is C18H23N7O. The van der Waals surface area contributed by atoms with Crippen molar-refractivity contribution < 1.29 is 4.79 Å². The minimum absolute atomic E-state index is 0.0740. The van der Waals surface area contributed by atoms with E-state index in [1.807, 2.05) is 30.5 Å². The molecule has 0 aromatic carbocycles. The maximum absolute atomic E-state index is 12.6. The molecule has 1 unspecified atom stereocenters. The van der Waals surface area contributed by atoms with Crippen molar-refractivity contribution in [3.63, 3.8) is 0 Å². The van der Waals surface area contributed by atoms with Gasteiger partial charge in [0.25, 0.3) is 5.91 Å². The lowest BCUT2D eigenvalue weighted by Crippen LogP contribution is -2.48. The Labute approximate surface area is 151 Å². The van der Waals surface area contributed by atoms with Crippen molar-refractivity contribution in [2.45, 2.75) is 32.7 Å². The van der Waals surface area contributed by atoms with Crippen molar-refractivity contribution in [2.24, 2.45) is 7.05 Å². The molecule has 1 aliphatic heterocycles. The van der Waals surface area contributed by atoms with Gasteiger partial charge in [-0.3, -0.25) is 9.48 Å². The first-order valence-corrected chi connectivity index (χ1v) is 8.89. The summed E-state index contributed by atoms with van der Waals surface area (Å²) in [7, 11) is 1.79. The Morgan fingerprint density at radius 3 is 2.88 bits per heavy atom. The highest BCUT2D eigenvalue weighted by Crippen LogP contribution is 2.21. The van der Waals surface area contributed by atoms with Crippen LogP contribution in [0.15, 0.2) is 24.4 Å². The standard InChI is InChI=1S/C18H23N7O/c1-12-10-17(25-16(20-12)6-7-19-25)24-8-4-5-14(11-24)21-18(26)15-9-13(2)22-23(15)3/h6-7,9-10,14H,4-5,8,11H2,1-3H3,(H,21,26). The van der Waals surface area contributed by atoms with Gasteiger partial charge < -0.3 is 10.2 Å². The number of hydrogen-bond acceptors (Lipinski definition) is 5. The smallest absolute Gasteiger partial charge is 0.269 e. The van der Waals surface area contributed by atoms with Crippen molar-refractivity contribution in [1.29, 1.82) is 0 Å². The molecule has 1 fully saturated rings. The Kier molecular flexibility index (Phi) is 4.10. The van der Waals surface area contributed by atoms with Crippen LogP contribution in [0.5, 0.6) is 0 Å². The molecule has 3 aromatic heterocycles. The van der Waals surface area contributed by atoms with Crippen LogP contribution < -0.4 is 10.2 Å². The Hall–Kier alpha value is -2.90. The quantitative estimate of drug-likeness (QED) is 0.771. The van der Waals surface area contributed by atoms with E-state index in [0.29, 0.717) is 5.69 Å². The second kappa shape index (κ2) is 6.44. The van der Waals surface area contributed by atoms with Gasteiger partial charge in [-0.05, 0) is 32.8 Å². The number of carbonyl (C=O) groups is 1. The molecule has 1 atom stereocenters. The fourth-order valence-electron chi connectivity index (χ4n) is 3.63. The molecule has 3 aromatic rings. The number of anilines is 1. The van der Waals surface area contributed by atoms with Gasteiger partial charge >= 0.3 is 0 Å². The van der Waals surface area contributed by atoms with Crippen LogP contribution in [-0.2, 0) is 7.05 Å². The van der Waals surface area contributed by atoms with Crippen molar-refractivity contribution >= 4 is 17.4 Å². The monoisotopic (exact) mass is 353 g/mol. The van der Waals surface area contributed by atoms with E-state index in [1.165, 1.54) is 0 Å². The Balaban J connectivity index is 1.53. The number of amides is 1. The zero-order valence-electron chi connectivity index (χ0n) is 15.3. The predicted octanol–water partition coefficient (Wildman–Crippen LogP) is 1.48. The van der Waals surface area contributed by atoms with Crippen LogP contribution in [0.4, 0.5) is 5.82 Å². The van der Waals surface area contributed by atoms with Gasteiger partial charge in [0.05, 0.1) is 11.9 Å². The summed E-state index contributed by atoms with van der Waals surface area (Å²) in [5.74, 6) is 0.947. The van der Waals surface area contributed by atoms with E-state index in [2.05, 4.69) is 31.5 Å². The second-order valence-corrected chi connectivity index (χ2v) is 6.91. The van der Waals surface area contributed by atoms with Gasteiger partial charge in [0.15, 0.2) is 5.65 Å². The highest BCUT2D eigenvalue weighted by atomic mass is 16.2. The molecular weight excluding hydrogens is 330 g/mol. The molecule has 0 bridgehead atoms. The summed E-state index contributed by atoms with van der Waals surface area (Å²) in [5, 5.41) is 11.8. The molecule has 1 N–H and O–H groups in total. The normalized spacial score (nSPS) is 17.7. The summed E-state index contributed by atoms with van der Waals surface area (Å²) in [4.78, 5) is 19.4. The molecule has 0 aliphatic carbocycles. The molecule has 1 amide bonds. The van der Waals surface area contributed by atoms with E-state index in [-0.39, 0.29) is 11.9 Å². The number of rotatable bonds is 3. The molecule has 1 saturated heterocycles. The third-order valence-corrected chi connectivity index (χ3v) is 4.78. The van der Waals surface area contributed by atoms with E-state index in [1.54, 1.807) is 17.9 Å². The van der Waals surface area contributed by atoms with Gasteiger partial charge in [-0.15, -0.1) is 0 Å². The predicted molar refractivity (Wildman–Crippen MR) is 98.4 cm³/mol. The van der Waals surface area contributed by atoms with Gasteiger partial charge in [0.1, 0.15) is 11.5 Å². The van der Waals surface area contributed by atoms with E-state index < -0.39 is 0 Å². The van der Waals surface area contributed by atoms with Gasteiger partial charge in [0.2, 0.25) is 0 Å². The topological polar surface area (TPSA) is 80.4 Å². The van der Waals surface area contributed by atoms with Crippen LogP contribution in [0.2, 0.25) is 0 Å². The summed E-state index contributed by atoms with van der Waals surface area (Å²) in [6.07, 6.45) is 3.74. The minimum Gasteiger partial charge on any atom is -0.354 e. The largest absolute Gasteiger partial charge is 0.354 e. The molecule has 1 aliphatic rings. The number of nitrogens with one attached hydrogen (secondary N) is 1. The summed E-state index contributed by atoms with van der Waals surface area (Å²) in [6.45, 7) is 5.57. The summed E-state index contributed by atoms with van der Waals surface area (Å²) in [6, 6.07) is 5.86. The average Bonchev–Trinajstić information content (AvgIpc) is 3.20. The Morgan fingerprint density at radius 2 is 2.12 bits per heavy atom. The number of piperidine rings is 1. The van der Waals surface area contributed by atoms with E-state index in [0.717, 1.165) is 48.8 Å². The van der Waals surface area contributed by atoms with Crippen LogP contribution in [-0.4, -0.2) is 49.4 Å². The third-order valence-electron chi connectivity index (χ3n) is 4.78. The SMILES string of the molecule is Cc1cc(N2CCCC(NC(=O)c3cc(C)nn3C)C2)n2nccc2n1. The lowest BCUT2D eigenvalue weighted by molar-refractivity contribution is 0.0923. The van der Waals surface area contributed by atoms with Crippen molar-refractivity contribution in [2.75, 3.05) is 18.0 Å². The van der Waals surface area contributed by atoms with Gasteiger partial charge in [-0.1, -0.05) is 0 Å². The summed E-state index contributed by atoms with van der Waals surface area (Å²) < 4.78 is 3.49. The first-order valence-electron chi connectivity index (χ1n) is 8.89.